The Kier molecular flexibility index (Phi) is 19.2. The summed E-state index contributed by atoms with van der Waals surface area (Å²) in [4.78, 5) is 0. The summed E-state index contributed by atoms with van der Waals surface area (Å²) in [6.45, 7) is 8.25. The molecule has 1 unspecified atom stereocenters. The van der Waals surface area contributed by atoms with Gasteiger partial charge in [-0.25, -0.2) is 0 Å². The molecule has 0 radical (unpaired) electrons. The van der Waals surface area contributed by atoms with Crippen LogP contribution in [0.4, 0.5) is 0 Å². The molecule has 0 aliphatic carbocycles. The molecule has 0 aromatic heterocycles. The second kappa shape index (κ2) is 19.3. The van der Waals surface area contributed by atoms with Crippen LogP contribution in [0.15, 0.2) is 12.2 Å². The van der Waals surface area contributed by atoms with Crippen molar-refractivity contribution in [2.45, 2.75) is 122 Å². The molecule has 0 saturated carbocycles. The van der Waals surface area contributed by atoms with Crippen LogP contribution in [0.3, 0.4) is 0 Å². The predicted octanol–water partition coefficient (Wildman–Crippen LogP) is 9.14. The second-order valence-corrected chi connectivity index (χ2v) is 11.3. The van der Waals surface area contributed by atoms with Crippen LogP contribution < -0.4 is 0 Å². The minimum Gasteiger partial charge on any atom is -0.332 e. The Morgan fingerprint density at radius 3 is 1.48 bits per heavy atom. The first-order valence-electron chi connectivity index (χ1n) is 11.8. The third kappa shape index (κ3) is 20.5. The zero-order valence-electron chi connectivity index (χ0n) is 18.9. The van der Waals surface area contributed by atoms with Crippen LogP contribution in [0.25, 0.3) is 0 Å². The van der Waals surface area contributed by atoms with E-state index in [1.54, 1.807) is 13.8 Å². The topological polar surface area (TPSA) is 26.3 Å². The van der Waals surface area contributed by atoms with Gasteiger partial charge in [-0.1, -0.05) is 103 Å². The van der Waals surface area contributed by atoms with Crippen LogP contribution >= 0.6 is 7.37 Å². The number of hydrogen-bond donors (Lipinski definition) is 0. The van der Waals surface area contributed by atoms with Gasteiger partial charge < -0.3 is 4.52 Å². The third-order valence-corrected chi connectivity index (χ3v) is 7.52. The zero-order valence-corrected chi connectivity index (χ0v) is 19.8. The Labute approximate surface area is 171 Å². The first-order chi connectivity index (χ1) is 13.0. The molecule has 0 N–H and O–H groups in total. The molecule has 0 amide bonds. The van der Waals surface area contributed by atoms with Gasteiger partial charge in [0.1, 0.15) is 0 Å². The lowest BCUT2D eigenvalue weighted by molar-refractivity contribution is 0.397. The molecule has 27 heavy (non-hydrogen) atoms. The average molecular weight is 401 g/mol. The molecule has 0 aromatic rings. The predicted molar refractivity (Wildman–Crippen MR) is 123 cm³/mol. The van der Waals surface area contributed by atoms with Crippen LogP contribution in [0.1, 0.15) is 122 Å². The molecule has 1 atom stereocenters. The minimum atomic E-state index is -2.30. The molecule has 0 fully saturated rings. The molecule has 0 rings (SSSR count). The fourth-order valence-corrected chi connectivity index (χ4v) is 4.54. The van der Waals surface area contributed by atoms with E-state index < -0.39 is 7.37 Å². The van der Waals surface area contributed by atoms with Gasteiger partial charge >= 0.3 is 0 Å². The largest absolute Gasteiger partial charge is 0.332 e. The van der Waals surface area contributed by atoms with E-state index in [9.17, 15) is 4.57 Å². The Bertz CT molecular complexity index is 379. The van der Waals surface area contributed by atoms with Crippen molar-refractivity contribution in [2.75, 3.05) is 19.9 Å². The highest BCUT2D eigenvalue weighted by Gasteiger charge is 2.12. The van der Waals surface area contributed by atoms with Crippen molar-refractivity contribution >= 4 is 7.37 Å². The van der Waals surface area contributed by atoms with E-state index in [0.29, 0.717) is 0 Å². The molecule has 0 aliphatic heterocycles. The molecule has 0 saturated heterocycles. The lowest BCUT2D eigenvalue weighted by Crippen LogP contribution is -1.91. The van der Waals surface area contributed by atoms with Crippen LogP contribution in [0.5, 0.6) is 0 Å². The summed E-state index contributed by atoms with van der Waals surface area (Å²) in [7, 11) is -0.750. The van der Waals surface area contributed by atoms with Gasteiger partial charge in [0.25, 0.3) is 0 Å². The smallest absolute Gasteiger partial charge is 0.199 e. The van der Waals surface area contributed by atoms with Crippen molar-refractivity contribution in [3.05, 3.63) is 12.2 Å². The van der Waals surface area contributed by atoms with Gasteiger partial charge in [-0.3, -0.25) is 4.57 Å². The first-order valence-corrected chi connectivity index (χ1v) is 14.1. The van der Waals surface area contributed by atoms with Crippen molar-refractivity contribution < 1.29 is 9.09 Å². The van der Waals surface area contributed by atoms with Gasteiger partial charge in [-0.05, 0) is 32.1 Å². The van der Waals surface area contributed by atoms with Crippen LogP contribution in [-0.4, -0.2) is 19.9 Å². The average Bonchev–Trinajstić information content (AvgIpc) is 2.65. The number of allylic oxidation sites excluding steroid dienone is 1. The maximum absolute atomic E-state index is 11.8. The third-order valence-electron chi connectivity index (χ3n) is 5.61. The maximum atomic E-state index is 11.8. The quantitative estimate of drug-likeness (QED) is 0.109. The Morgan fingerprint density at radius 2 is 1.07 bits per heavy atom. The van der Waals surface area contributed by atoms with Crippen molar-refractivity contribution in [1.82, 2.24) is 0 Å². The van der Waals surface area contributed by atoms with E-state index in [2.05, 4.69) is 13.5 Å². The van der Waals surface area contributed by atoms with Gasteiger partial charge in [-0.2, -0.15) is 0 Å². The van der Waals surface area contributed by atoms with Crippen molar-refractivity contribution in [1.29, 1.82) is 0 Å². The highest BCUT2D eigenvalue weighted by molar-refractivity contribution is 7.58. The number of unbranched alkanes of at least 4 members (excludes halogenated alkanes) is 14. The summed E-state index contributed by atoms with van der Waals surface area (Å²) in [6.07, 6.45) is 24.7. The molecular weight excluding hydrogens is 351 g/mol. The fourth-order valence-electron chi connectivity index (χ4n) is 3.56. The maximum Gasteiger partial charge on any atom is 0.199 e. The van der Waals surface area contributed by atoms with Crippen LogP contribution in [0, 0.1) is 0 Å². The van der Waals surface area contributed by atoms with Crippen molar-refractivity contribution in [3.8, 4) is 0 Å². The molecule has 162 valence electrons. The van der Waals surface area contributed by atoms with Crippen LogP contribution in [0.2, 0.25) is 0 Å². The van der Waals surface area contributed by atoms with E-state index in [-0.39, 0.29) is 0 Å². The van der Waals surface area contributed by atoms with E-state index in [1.807, 2.05) is 0 Å². The van der Waals surface area contributed by atoms with Gasteiger partial charge in [0.15, 0.2) is 7.37 Å². The van der Waals surface area contributed by atoms with Gasteiger partial charge in [0, 0.05) is 19.9 Å². The van der Waals surface area contributed by atoms with E-state index >= 15 is 0 Å². The summed E-state index contributed by atoms with van der Waals surface area (Å²) in [5, 5.41) is 0. The standard InChI is InChI=1S/C24H49O2P/c1-5-6-7-8-9-10-11-12-13-14-15-16-18-21-24(2)22-19-17-20-23-27(4,25)26-3/h2,5-23H2,1,3-4H3. The molecule has 0 heterocycles. The Morgan fingerprint density at radius 1 is 0.704 bits per heavy atom. The van der Waals surface area contributed by atoms with E-state index in [4.69, 9.17) is 4.52 Å². The Balaban J connectivity index is 3.24. The fraction of sp³-hybridized carbons (Fsp3) is 0.917. The van der Waals surface area contributed by atoms with Crippen molar-refractivity contribution in [2.24, 2.45) is 0 Å². The monoisotopic (exact) mass is 400 g/mol. The summed E-state index contributed by atoms with van der Waals surface area (Å²) in [5.41, 5.74) is 1.41. The summed E-state index contributed by atoms with van der Waals surface area (Å²) >= 11 is 0. The lowest BCUT2D eigenvalue weighted by Gasteiger charge is -2.10. The molecule has 0 aliphatic rings. The SMILES string of the molecule is C=C(CCCCCCCCCCCCCCC)CCCCCP(C)(=O)OC. The summed E-state index contributed by atoms with van der Waals surface area (Å²) < 4.78 is 16.8. The van der Waals surface area contributed by atoms with E-state index in [0.717, 1.165) is 25.4 Å². The summed E-state index contributed by atoms with van der Waals surface area (Å²) in [5.74, 6) is 0. The van der Waals surface area contributed by atoms with Gasteiger partial charge in [-0.15, -0.1) is 0 Å². The second-order valence-electron chi connectivity index (χ2n) is 8.47. The van der Waals surface area contributed by atoms with E-state index in [1.165, 1.54) is 102 Å². The van der Waals surface area contributed by atoms with Gasteiger partial charge in [0.05, 0.1) is 0 Å². The number of hydrogen-bond acceptors (Lipinski definition) is 2. The molecule has 0 spiro atoms. The summed E-state index contributed by atoms with van der Waals surface area (Å²) in [6, 6.07) is 0. The van der Waals surface area contributed by atoms with Crippen molar-refractivity contribution in [3.63, 3.8) is 0 Å². The van der Waals surface area contributed by atoms with Gasteiger partial charge in [0.2, 0.25) is 0 Å². The molecular formula is C24H49O2P. The normalized spacial score (nSPS) is 13.6. The molecule has 2 nitrogen and oxygen atoms in total. The number of rotatable bonds is 21. The molecule has 0 aromatic carbocycles. The highest BCUT2D eigenvalue weighted by atomic mass is 31.2. The first kappa shape index (κ1) is 26.9. The molecule has 3 heteroatoms. The lowest BCUT2D eigenvalue weighted by atomic mass is 10.0. The Hall–Kier alpha value is -0.0700. The minimum absolute atomic E-state index is 0.717. The van der Waals surface area contributed by atoms with Crippen LogP contribution in [-0.2, 0) is 9.09 Å². The molecule has 0 bridgehead atoms. The highest BCUT2D eigenvalue weighted by Crippen LogP contribution is 2.42. The zero-order chi connectivity index (χ0) is 20.2.